The van der Waals surface area contributed by atoms with Crippen LogP contribution in [0.3, 0.4) is 0 Å². The lowest BCUT2D eigenvalue weighted by Crippen LogP contribution is -2.10. The number of H-pyrrole nitrogens is 1. The molecule has 3 aromatic rings. The fourth-order valence-electron chi connectivity index (χ4n) is 2.37. The number of para-hydroxylation sites is 2. The van der Waals surface area contributed by atoms with Gasteiger partial charge in [-0.25, -0.2) is 4.98 Å². The van der Waals surface area contributed by atoms with Crippen LogP contribution >= 0.6 is 11.8 Å². The maximum Gasteiger partial charge on any atom is 0.166 e. The molecule has 2 N–H and O–H groups in total. The van der Waals surface area contributed by atoms with Crippen molar-refractivity contribution >= 4 is 22.8 Å². The molecule has 0 aliphatic carbocycles. The highest BCUT2D eigenvalue weighted by Gasteiger charge is 2.09. The fraction of sp³-hybridized carbons (Fsp3) is 0.333. The largest absolute Gasteiger partial charge is 0.491 e. The Bertz CT molecular complexity index is 789. The van der Waals surface area contributed by atoms with Gasteiger partial charge in [-0.15, -0.1) is 0 Å². The summed E-state index contributed by atoms with van der Waals surface area (Å²) in [7, 11) is 0. The second-order valence-corrected chi connectivity index (χ2v) is 6.38. The van der Waals surface area contributed by atoms with Crippen molar-refractivity contribution in [2.45, 2.75) is 17.8 Å². The number of imidazole rings is 1. The first kappa shape index (κ1) is 17.7. The van der Waals surface area contributed by atoms with Crippen LogP contribution in [0.15, 0.2) is 41.7 Å². The first-order valence-electron chi connectivity index (χ1n) is 8.11. The molecule has 0 bridgehead atoms. The molecule has 132 valence electrons. The third-order valence-corrected chi connectivity index (χ3v) is 4.58. The van der Waals surface area contributed by atoms with Crippen molar-refractivity contribution in [3.05, 3.63) is 47.8 Å². The molecule has 0 fully saturated rings. The van der Waals surface area contributed by atoms with E-state index in [-0.39, 0.29) is 6.61 Å². The van der Waals surface area contributed by atoms with E-state index in [1.807, 2.05) is 37.3 Å². The quantitative estimate of drug-likeness (QED) is 0.452. The monoisotopic (exact) mass is 359 g/mol. The van der Waals surface area contributed by atoms with Crippen molar-refractivity contribution < 1.29 is 14.6 Å². The SMILES string of the molecule is Cc1c(OCCOCCO)ccnc1CSc1nc2ccccc2[nH]1. The Morgan fingerprint density at radius 2 is 2.04 bits per heavy atom. The van der Waals surface area contributed by atoms with Crippen LogP contribution in [0.5, 0.6) is 5.75 Å². The van der Waals surface area contributed by atoms with Gasteiger partial charge in [0.05, 0.1) is 36.5 Å². The molecule has 0 atom stereocenters. The second-order valence-electron chi connectivity index (χ2n) is 5.41. The molecular formula is C18H21N3O3S. The number of thioether (sulfide) groups is 1. The Balaban J connectivity index is 1.59. The molecule has 2 aromatic heterocycles. The summed E-state index contributed by atoms with van der Waals surface area (Å²) in [4.78, 5) is 12.3. The minimum absolute atomic E-state index is 0.0252. The van der Waals surface area contributed by atoms with E-state index in [0.29, 0.717) is 25.6 Å². The molecular weight excluding hydrogens is 338 g/mol. The van der Waals surface area contributed by atoms with Crippen molar-refractivity contribution in [3.63, 3.8) is 0 Å². The van der Waals surface area contributed by atoms with E-state index in [9.17, 15) is 0 Å². The van der Waals surface area contributed by atoms with Crippen LogP contribution in [-0.2, 0) is 10.5 Å². The average Bonchev–Trinajstić information content (AvgIpc) is 3.05. The fourth-order valence-corrected chi connectivity index (χ4v) is 3.28. The van der Waals surface area contributed by atoms with E-state index in [2.05, 4.69) is 15.0 Å². The van der Waals surface area contributed by atoms with Gasteiger partial charge in [-0.3, -0.25) is 4.98 Å². The van der Waals surface area contributed by atoms with Crippen molar-refractivity contribution in [1.82, 2.24) is 15.0 Å². The summed E-state index contributed by atoms with van der Waals surface area (Å²) in [6.45, 7) is 3.26. The van der Waals surface area contributed by atoms with Gasteiger partial charge in [0.25, 0.3) is 0 Å². The number of aromatic nitrogens is 3. The maximum absolute atomic E-state index is 8.68. The normalized spacial score (nSPS) is 11.1. The summed E-state index contributed by atoms with van der Waals surface area (Å²) in [6, 6.07) is 9.84. The molecule has 0 radical (unpaired) electrons. The zero-order chi connectivity index (χ0) is 17.5. The number of hydrogen-bond donors (Lipinski definition) is 2. The van der Waals surface area contributed by atoms with Crippen LogP contribution in [0.2, 0.25) is 0 Å². The zero-order valence-electron chi connectivity index (χ0n) is 14.1. The Morgan fingerprint density at radius 1 is 1.16 bits per heavy atom. The molecule has 3 rings (SSSR count). The molecule has 25 heavy (non-hydrogen) atoms. The van der Waals surface area contributed by atoms with Gasteiger partial charge in [0.15, 0.2) is 5.16 Å². The molecule has 0 spiro atoms. The summed E-state index contributed by atoms with van der Waals surface area (Å²) < 4.78 is 10.9. The molecule has 2 heterocycles. The van der Waals surface area contributed by atoms with Gasteiger partial charge in [0.2, 0.25) is 0 Å². The number of nitrogens with zero attached hydrogens (tertiary/aromatic N) is 2. The lowest BCUT2D eigenvalue weighted by atomic mass is 10.2. The van der Waals surface area contributed by atoms with Gasteiger partial charge >= 0.3 is 0 Å². The van der Waals surface area contributed by atoms with Gasteiger partial charge in [-0.2, -0.15) is 0 Å². The number of pyridine rings is 1. The number of fused-ring (bicyclic) bond motifs is 1. The van der Waals surface area contributed by atoms with Crippen LogP contribution in [0.25, 0.3) is 11.0 Å². The van der Waals surface area contributed by atoms with Crippen molar-refractivity contribution in [2.75, 3.05) is 26.4 Å². The van der Waals surface area contributed by atoms with Gasteiger partial charge in [0.1, 0.15) is 12.4 Å². The lowest BCUT2D eigenvalue weighted by Gasteiger charge is -2.11. The molecule has 1 aromatic carbocycles. The van der Waals surface area contributed by atoms with Crippen LogP contribution in [-0.4, -0.2) is 46.5 Å². The van der Waals surface area contributed by atoms with Crippen molar-refractivity contribution in [1.29, 1.82) is 0 Å². The number of nitrogens with one attached hydrogen (secondary N) is 1. The topological polar surface area (TPSA) is 80.3 Å². The van der Waals surface area contributed by atoms with E-state index < -0.39 is 0 Å². The minimum Gasteiger partial charge on any atom is -0.491 e. The number of aliphatic hydroxyl groups excluding tert-OH is 1. The number of ether oxygens (including phenoxy) is 2. The average molecular weight is 359 g/mol. The van der Waals surface area contributed by atoms with Crippen LogP contribution in [0.1, 0.15) is 11.3 Å². The summed E-state index contributed by atoms with van der Waals surface area (Å²) in [5.74, 6) is 1.52. The molecule has 0 saturated carbocycles. The molecule has 6 nitrogen and oxygen atoms in total. The smallest absolute Gasteiger partial charge is 0.166 e. The Labute approximate surface area is 150 Å². The molecule has 0 aliphatic heterocycles. The van der Waals surface area contributed by atoms with E-state index in [4.69, 9.17) is 14.6 Å². The van der Waals surface area contributed by atoms with E-state index in [1.54, 1.807) is 18.0 Å². The highest BCUT2D eigenvalue weighted by Crippen LogP contribution is 2.26. The number of hydrogen-bond acceptors (Lipinski definition) is 6. The number of rotatable bonds is 9. The number of aromatic amines is 1. The summed E-state index contributed by atoms with van der Waals surface area (Å²) >= 11 is 1.62. The zero-order valence-corrected chi connectivity index (χ0v) is 14.9. The van der Waals surface area contributed by atoms with Crippen LogP contribution in [0, 0.1) is 6.92 Å². The molecule has 0 saturated heterocycles. The van der Waals surface area contributed by atoms with Gasteiger partial charge < -0.3 is 19.6 Å². The van der Waals surface area contributed by atoms with Gasteiger partial charge in [-0.1, -0.05) is 23.9 Å². The standard InChI is InChI=1S/C18H21N3O3S/c1-13-16(19-7-6-17(13)24-11-10-23-9-8-22)12-25-18-20-14-4-2-3-5-15(14)21-18/h2-7,22H,8-12H2,1H3,(H,20,21). The number of aliphatic hydroxyl groups is 1. The Kier molecular flexibility index (Phi) is 6.27. The van der Waals surface area contributed by atoms with Crippen molar-refractivity contribution in [2.24, 2.45) is 0 Å². The summed E-state index contributed by atoms with van der Waals surface area (Å²) in [6.07, 6.45) is 1.76. The predicted molar refractivity (Wildman–Crippen MR) is 98.0 cm³/mol. The molecule has 0 unspecified atom stereocenters. The maximum atomic E-state index is 8.68. The third-order valence-electron chi connectivity index (χ3n) is 3.69. The Morgan fingerprint density at radius 3 is 2.88 bits per heavy atom. The first-order valence-corrected chi connectivity index (χ1v) is 9.10. The number of benzene rings is 1. The highest BCUT2D eigenvalue weighted by molar-refractivity contribution is 7.98. The van der Waals surface area contributed by atoms with Gasteiger partial charge in [0, 0.05) is 17.5 Å². The first-order chi connectivity index (χ1) is 12.3. The van der Waals surface area contributed by atoms with Gasteiger partial charge in [-0.05, 0) is 25.1 Å². The van der Waals surface area contributed by atoms with E-state index in [1.165, 1.54) is 0 Å². The van der Waals surface area contributed by atoms with Crippen molar-refractivity contribution in [3.8, 4) is 5.75 Å². The molecule has 0 aliphatic rings. The second kappa shape index (κ2) is 8.84. The predicted octanol–water partition coefficient (Wildman–Crippen LogP) is 2.95. The highest BCUT2D eigenvalue weighted by atomic mass is 32.2. The molecule has 7 heteroatoms. The summed E-state index contributed by atoms with van der Waals surface area (Å²) in [5, 5.41) is 9.56. The lowest BCUT2D eigenvalue weighted by molar-refractivity contribution is 0.0703. The van der Waals surface area contributed by atoms with Crippen LogP contribution in [0.4, 0.5) is 0 Å². The minimum atomic E-state index is 0.0252. The van der Waals surface area contributed by atoms with Crippen LogP contribution < -0.4 is 4.74 Å². The Hall–Kier alpha value is -2.09. The van der Waals surface area contributed by atoms with E-state index in [0.717, 1.165) is 33.2 Å². The van der Waals surface area contributed by atoms with E-state index >= 15 is 0 Å². The summed E-state index contributed by atoms with van der Waals surface area (Å²) in [5.41, 5.74) is 4.00. The third kappa shape index (κ3) is 4.72. The molecule has 0 amide bonds.